The number of Topliss-reactive ketones (excluding diaryl/α,β-unsaturated/α-hetero) is 2. The van der Waals surface area contributed by atoms with Crippen LogP contribution in [0.3, 0.4) is 0 Å². The van der Waals surface area contributed by atoms with Crippen LogP contribution in [0.15, 0.2) is 30.3 Å². The number of ketones is 2. The summed E-state index contributed by atoms with van der Waals surface area (Å²) in [5.74, 6) is -5.71. The van der Waals surface area contributed by atoms with E-state index in [4.69, 9.17) is 23.7 Å². The highest BCUT2D eigenvalue weighted by atomic mass is 16.7. The Morgan fingerprint density at radius 1 is 1.08 bits per heavy atom. The Labute approximate surface area is 290 Å². The lowest BCUT2D eigenvalue weighted by Gasteiger charge is -2.58. The number of ether oxygens (including phenoxy) is 5. The minimum absolute atomic E-state index is 0.0424. The third-order valence-corrected chi connectivity index (χ3v) is 12.4. The quantitative estimate of drug-likeness (QED) is 0.183. The smallest absolute Gasteiger partial charge is 0.408 e. The summed E-state index contributed by atoms with van der Waals surface area (Å²) in [7, 11) is 0. The Balaban J connectivity index is 1.43. The fourth-order valence-corrected chi connectivity index (χ4v) is 10.0. The number of carbonyl (C=O) groups is 5. The topological polar surface area (TPSA) is 204 Å². The Hall–Kier alpha value is -3.43. The van der Waals surface area contributed by atoms with Gasteiger partial charge in [-0.25, -0.2) is 9.59 Å². The minimum atomic E-state index is -1.99. The molecule has 4 aliphatic carbocycles. The number of rotatable bonds is 7. The maximum atomic E-state index is 14.5. The van der Waals surface area contributed by atoms with E-state index in [1.54, 1.807) is 78.8 Å². The Morgan fingerprint density at radius 2 is 1.72 bits per heavy atom. The molecular weight excluding hydrogens is 654 g/mol. The molecule has 1 aromatic rings. The second-order valence-electron chi connectivity index (χ2n) is 16.4. The highest BCUT2D eigenvalue weighted by molar-refractivity contribution is 6.43. The first-order valence-electron chi connectivity index (χ1n) is 16.9. The van der Waals surface area contributed by atoms with Crippen molar-refractivity contribution in [3.05, 3.63) is 35.9 Å². The predicted octanol–water partition coefficient (Wildman–Crippen LogP) is 1.90. The van der Waals surface area contributed by atoms with Gasteiger partial charge in [0.15, 0.2) is 12.4 Å². The molecule has 0 aromatic heterocycles. The average molecular weight is 702 g/mol. The molecule has 4 N–H and O–H groups in total. The molecule has 50 heavy (non-hydrogen) atoms. The van der Waals surface area contributed by atoms with Gasteiger partial charge in [0.25, 0.3) is 0 Å². The van der Waals surface area contributed by atoms with Crippen LogP contribution in [0.2, 0.25) is 0 Å². The molecular formula is C36H47NO13. The molecule has 2 aliphatic heterocycles. The van der Waals surface area contributed by atoms with E-state index in [1.807, 2.05) is 0 Å². The monoisotopic (exact) mass is 701 g/mol. The molecule has 8 unspecified atom stereocenters. The van der Waals surface area contributed by atoms with Crippen molar-refractivity contribution in [3.8, 4) is 0 Å². The normalized spacial score (nSPS) is 40.7. The number of hydrogen-bond donors (Lipinski definition) is 4. The second kappa shape index (κ2) is 11.5. The molecule has 12 atom stereocenters. The molecule has 4 saturated carbocycles. The van der Waals surface area contributed by atoms with Gasteiger partial charge < -0.3 is 44.3 Å². The number of fused-ring (bicyclic) bond motifs is 2. The van der Waals surface area contributed by atoms with Crippen LogP contribution < -0.4 is 5.32 Å². The van der Waals surface area contributed by atoms with E-state index < -0.39 is 118 Å². The van der Waals surface area contributed by atoms with Crippen LogP contribution in [0.5, 0.6) is 0 Å². The van der Waals surface area contributed by atoms with Crippen LogP contribution in [0, 0.1) is 28.1 Å². The van der Waals surface area contributed by atoms with Crippen LogP contribution in [0.4, 0.5) is 4.79 Å². The van der Waals surface area contributed by atoms with E-state index in [-0.39, 0.29) is 12.8 Å². The van der Waals surface area contributed by atoms with Gasteiger partial charge in [-0.3, -0.25) is 14.4 Å². The zero-order valence-corrected chi connectivity index (χ0v) is 29.6. The van der Waals surface area contributed by atoms with Gasteiger partial charge in [0.1, 0.15) is 29.5 Å². The first-order valence-corrected chi connectivity index (χ1v) is 16.9. The Kier molecular flexibility index (Phi) is 8.39. The number of carbonyl (C=O) groups excluding carboxylic acids is 5. The van der Waals surface area contributed by atoms with Gasteiger partial charge in [0.05, 0.1) is 23.7 Å². The summed E-state index contributed by atoms with van der Waals surface area (Å²) in [6, 6.07) is 6.92. The third kappa shape index (κ3) is 4.89. The molecule has 274 valence electrons. The number of aliphatic hydroxyl groups is 3. The number of amides is 1. The lowest BCUT2D eigenvalue weighted by Crippen LogP contribution is -2.67. The van der Waals surface area contributed by atoms with E-state index >= 15 is 0 Å². The van der Waals surface area contributed by atoms with Gasteiger partial charge in [0, 0.05) is 42.4 Å². The first kappa shape index (κ1) is 36.4. The SMILES string of the molecule is CC(=O)OCC12OC(O)CC1OC1C2C2(C)C(=O)C(=O)C3C2(C)[C@@H](OC(=O)[C@H](O)[C@@H](NC(=O)OC(C)(C)C)c2ccccc2)C[C@]1(O)C3(C)C. The summed E-state index contributed by atoms with van der Waals surface area (Å²) in [5, 5.41) is 37.6. The lowest BCUT2D eigenvalue weighted by molar-refractivity contribution is -0.245. The molecule has 14 heteroatoms. The van der Waals surface area contributed by atoms with Crippen LogP contribution >= 0.6 is 0 Å². The summed E-state index contributed by atoms with van der Waals surface area (Å²) >= 11 is 0. The van der Waals surface area contributed by atoms with E-state index in [0.29, 0.717) is 5.56 Å². The van der Waals surface area contributed by atoms with Crippen molar-refractivity contribution in [2.24, 2.45) is 28.1 Å². The van der Waals surface area contributed by atoms with Crippen molar-refractivity contribution in [2.45, 2.75) is 122 Å². The van der Waals surface area contributed by atoms with Gasteiger partial charge in [-0.15, -0.1) is 0 Å². The van der Waals surface area contributed by atoms with E-state index in [0.717, 1.165) is 0 Å². The van der Waals surface area contributed by atoms with Gasteiger partial charge >= 0.3 is 18.0 Å². The molecule has 6 aliphatic rings. The number of benzene rings is 1. The fourth-order valence-electron chi connectivity index (χ4n) is 10.0. The molecule has 1 amide bonds. The Bertz CT molecular complexity index is 1610. The molecule has 6 fully saturated rings. The largest absolute Gasteiger partial charge is 0.463 e. The molecule has 0 radical (unpaired) electrons. The molecule has 4 bridgehead atoms. The zero-order valence-electron chi connectivity index (χ0n) is 29.6. The fraction of sp³-hybridized carbons (Fsp3) is 0.694. The predicted molar refractivity (Wildman–Crippen MR) is 171 cm³/mol. The molecule has 1 aromatic carbocycles. The van der Waals surface area contributed by atoms with Crippen molar-refractivity contribution < 1.29 is 63.0 Å². The Morgan fingerprint density at radius 3 is 2.32 bits per heavy atom. The van der Waals surface area contributed by atoms with Crippen molar-refractivity contribution in [3.63, 3.8) is 0 Å². The van der Waals surface area contributed by atoms with Gasteiger partial charge in [0.2, 0.25) is 11.6 Å². The van der Waals surface area contributed by atoms with Crippen LogP contribution in [-0.4, -0.2) is 99.0 Å². The van der Waals surface area contributed by atoms with Gasteiger partial charge in [-0.2, -0.15) is 0 Å². The highest BCUT2D eigenvalue weighted by Gasteiger charge is 2.88. The summed E-state index contributed by atoms with van der Waals surface area (Å²) in [6.07, 6.45) is -8.01. The molecule has 7 rings (SSSR count). The summed E-state index contributed by atoms with van der Waals surface area (Å²) in [4.78, 5) is 67.6. The van der Waals surface area contributed by atoms with Crippen LogP contribution in [0.25, 0.3) is 0 Å². The van der Waals surface area contributed by atoms with Crippen molar-refractivity contribution >= 4 is 29.6 Å². The second-order valence-corrected chi connectivity index (χ2v) is 16.4. The van der Waals surface area contributed by atoms with Gasteiger partial charge in [-0.1, -0.05) is 58.0 Å². The van der Waals surface area contributed by atoms with Gasteiger partial charge in [-0.05, 0) is 26.3 Å². The van der Waals surface area contributed by atoms with E-state index in [2.05, 4.69) is 5.32 Å². The first-order chi connectivity index (χ1) is 23.1. The number of alkyl carbamates (subject to hydrolysis) is 1. The molecule has 2 heterocycles. The summed E-state index contributed by atoms with van der Waals surface area (Å²) in [5.41, 5.74) is -8.68. The van der Waals surface area contributed by atoms with E-state index in [9.17, 15) is 39.3 Å². The van der Waals surface area contributed by atoms with Crippen LogP contribution in [0.1, 0.15) is 79.8 Å². The highest BCUT2D eigenvalue weighted by Crippen LogP contribution is 2.77. The average Bonchev–Trinajstić information content (AvgIpc) is 3.53. The third-order valence-electron chi connectivity index (χ3n) is 12.4. The number of aliphatic hydroxyl groups excluding tert-OH is 2. The van der Waals surface area contributed by atoms with Crippen LogP contribution in [-0.2, 0) is 42.9 Å². The number of hydrogen-bond acceptors (Lipinski definition) is 13. The number of nitrogens with one attached hydrogen (secondary N) is 1. The summed E-state index contributed by atoms with van der Waals surface area (Å²) < 4.78 is 29.6. The molecule has 0 spiro atoms. The van der Waals surface area contributed by atoms with Crippen molar-refractivity contribution in [2.75, 3.05) is 6.61 Å². The van der Waals surface area contributed by atoms with Crippen molar-refractivity contribution in [1.29, 1.82) is 0 Å². The maximum Gasteiger partial charge on any atom is 0.408 e. The molecule has 2 saturated heterocycles. The van der Waals surface area contributed by atoms with E-state index in [1.165, 1.54) is 6.92 Å². The molecule has 14 nitrogen and oxygen atoms in total. The standard InChI is InChI=1S/C36H47NO13/c1-17(38)46-16-35-19(14-21(39)49-35)47-28-26(35)34(8)27(42)24(41)25-32(5,6)36(28,45)15-20(33(25,34)7)48-29(43)23(40)22(18-12-10-9-11-13-18)37-30(44)50-31(2,3)4/h9-13,19-23,25-26,28,39-40,45H,14-16H2,1-8H3,(H,37,44)/t19?,20-,21?,22-,23+,25?,26?,28?,33?,34?,35?,36+/m0/s1. The van der Waals surface area contributed by atoms with Crippen molar-refractivity contribution in [1.82, 2.24) is 5.32 Å². The number of esters is 2. The zero-order chi connectivity index (χ0) is 37.0. The minimum Gasteiger partial charge on any atom is -0.463 e. The summed E-state index contributed by atoms with van der Waals surface area (Å²) in [6.45, 7) is 12.3. The lowest BCUT2D eigenvalue weighted by atomic mass is 9.48. The maximum absolute atomic E-state index is 14.5.